The molecule has 0 spiro atoms. The maximum atomic E-state index is 13.5. The number of benzene rings is 2. The quantitative estimate of drug-likeness (QED) is 0.542. The van der Waals surface area contributed by atoms with E-state index in [1.807, 2.05) is 61.5 Å². The first kappa shape index (κ1) is 21.5. The third kappa shape index (κ3) is 6.43. The largest absolute Gasteiger partial charge is 0.467 e. The molecule has 2 aromatic carbocycles. The molecule has 1 aromatic heterocycles. The minimum atomic E-state index is -0.327. The van der Waals surface area contributed by atoms with E-state index in [1.54, 1.807) is 12.3 Å². The standard InChI is InChI=1S/C23H26FN3O3/c1-27(2)22(18-7-4-8-19(24)13-18)14-25-23(28)26-20-9-3-6-17(12-20)15-29-16-21-10-5-11-30-21/h3-13,22H,14-16H2,1-2H3,(H2,25,26,28). The summed E-state index contributed by atoms with van der Waals surface area (Å²) < 4.78 is 24.4. The second kappa shape index (κ2) is 10.6. The topological polar surface area (TPSA) is 66.7 Å². The maximum absolute atomic E-state index is 13.5. The molecule has 1 heterocycles. The van der Waals surface area contributed by atoms with Crippen molar-refractivity contribution in [3.63, 3.8) is 0 Å². The summed E-state index contributed by atoms with van der Waals surface area (Å²) in [6, 6.07) is 17.1. The van der Waals surface area contributed by atoms with Crippen LogP contribution in [0, 0.1) is 5.82 Å². The number of anilines is 1. The number of rotatable bonds is 9. The van der Waals surface area contributed by atoms with Crippen LogP contribution in [-0.4, -0.2) is 31.6 Å². The monoisotopic (exact) mass is 411 g/mol. The van der Waals surface area contributed by atoms with E-state index < -0.39 is 0 Å². The Morgan fingerprint density at radius 1 is 1.10 bits per heavy atom. The van der Waals surface area contributed by atoms with Gasteiger partial charge in [-0.25, -0.2) is 9.18 Å². The second-order valence-corrected chi connectivity index (χ2v) is 7.14. The van der Waals surface area contributed by atoms with Gasteiger partial charge < -0.3 is 24.7 Å². The SMILES string of the molecule is CN(C)C(CNC(=O)Nc1cccc(COCc2ccco2)c1)c1cccc(F)c1. The van der Waals surface area contributed by atoms with Crippen LogP contribution in [-0.2, 0) is 18.0 Å². The number of ether oxygens (including phenoxy) is 1. The van der Waals surface area contributed by atoms with E-state index in [4.69, 9.17) is 9.15 Å². The number of nitrogens with one attached hydrogen (secondary N) is 2. The minimum Gasteiger partial charge on any atom is -0.467 e. The van der Waals surface area contributed by atoms with Crippen molar-refractivity contribution in [2.75, 3.05) is 26.0 Å². The number of likely N-dealkylation sites (N-methyl/N-ethyl adjacent to an activating group) is 1. The van der Waals surface area contributed by atoms with E-state index >= 15 is 0 Å². The summed E-state index contributed by atoms with van der Waals surface area (Å²) in [6.07, 6.45) is 1.61. The van der Waals surface area contributed by atoms with Gasteiger partial charge in [-0.1, -0.05) is 24.3 Å². The van der Waals surface area contributed by atoms with Crippen molar-refractivity contribution >= 4 is 11.7 Å². The number of amides is 2. The molecule has 2 amide bonds. The third-order valence-corrected chi connectivity index (χ3v) is 4.59. The molecular formula is C23H26FN3O3. The van der Waals surface area contributed by atoms with Gasteiger partial charge in [0, 0.05) is 12.2 Å². The zero-order chi connectivity index (χ0) is 21.3. The van der Waals surface area contributed by atoms with Gasteiger partial charge >= 0.3 is 6.03 Å². The van der Waals surface area contributed by atoms with Crippen LogP contribution in [0.4, 0.5) is 14.9 Å². The fourth-order valence-electron chi connectivity index (χ4n) is 3.08. The summed E-state index contributed by atoms with van der Waals surface area (Å²) in [5.74, 6) is 0.465. The van der Waals surface area contributed by atoms with Crippen molar-refractivity contribution in [2.45, 2.75) is 19.3 Å². The van der Waals surface area contributed by atoms with Crippen LogP contribution in [0.3, 0.4) is 0 Å². The minimum absolute atomic E-state index is 0.146. The van der Waals surface area contributed by atoms with Crippen LogP contribution < -0.4 is 10.6 Å². The van der Waals surface area contributed by atoms with Crippen LogP contribution in [0.5, 0.6) is 0 Å². The number of carbonyl (C=O) groups is 1. The van der Waals surface area contributed by atoms with Gasteiger partial charge in [0.25, 0.3) is 0 Å². The molecule has 7 heteroatoms. The Morgan fingerprint density at radius 2 is 1.93 bits per heavy atom. The van der Waals surface area contributed by atoms with E-state index in [-0.39, 0.29) is 17.9 Å². The van der Waals surface area contributed by atoms with E-state index in [1.165, 1.54) is 12.1 Å². The number of hydrogen-bond acceptors (Lipinski definition) is 4. The van der Waals surface area contributed by atoms with Gasteiger partial charge in [0.05, 0.1) is 18.9 Å². The smallest absolute Gasteiger partial charge is 0.319 e. The number of furan rings is 1. The lowest BCUT2D eigenvalue weighted by Gasteiger charge is -2.25. The molecule has 30 heavy (non-hydrogen) atoms. The number of carbonyl (C=O) groups excluding carboxylic acids is 1. The Morgan fingerprint density at radius 3 is 2.67 bits per heavy atom. The van der Waals surface area contributed by atoms with Gasteiger partial charge in [-0.3, -0.25) is 0 Å². The molecule has 1 unspecified atom stereocenters. The highest BCUT2D eigenvalue weighted by Gasteiger charge is 2.16. The van der Waals surface area contributed by atoms with E-state index in [2.05, 4.69) is 10.6 Å². The molecule has 6 nitrogen and oxygen atoms in total. The van der Waals surface area contributed by atoms with E-state index in [9.17, 15) is 9.18 Å². The number of nitrogens with zero attached hydrogens (tertiary/aromatic N) is 1. The van der Waals surface area contributed by atoms with Crippen molar-refractivity contribution in [1.29, 1.82) is 0 Å². The first-order valence-electron chi connectivity index (χ1n) is 9.67. The normalized spacial score (nSPS) is 12.0. The Balaban J connectivity index is 1.51. The summed E-state index contributed by atoms with van der Waals surface area (Å²) in [4.78, 5) is 14.3. The van der Waals surface area contributed by atoms with Crippen LogP contribution >= 0.6 is 0 Å². The fourth-order valence-corrected chi connectivity index (χ4v) is 3.08. The molecule has 2 N–H and O–H groups in total. The van der Waals surface area contributed by atoms with Crippen molar-refractivity contribution in [3.8, 4) is 0 Å². The van der Waals surface area contributed by atoms with Crippen molar-refractivity contribution in [3.05, 3.63) is 89.6 Å². The molecule has 0 aliphatic carbocycles. The lowest BCUT2D eigenvalue weighted by atomic mass is 10.1. The van der Waals surface area contributed by atoms with Crippen molar-refractivity contribution in [1.82, 2.24) is 10.2 Å². The van der Waals surface area contributed by atoms with Gasteiger partial charge in [-0.15, -0.1) is 0 Å². The summed E-state index contributed by atoms with van der Waals surface area (Å²) in [6.45, 7) is 1.13. The first-order valence-corrected chi connectivity index (χ1v) is 9.67. The molecule has 0 aliphatic heterocycles. The van der Waals surface area contributed by atoms with Gasteiger partial charge in [0.15, 0.2) is 0 Å². The molecule has 0 bridgehead atoms. The third-order valence-electron chi connectivity index (χ3n) is 4.59. The lowest BCUT2D eigenvalue weighted by molar-refractivity contribution is 0.0930. The Labute approximate surface area is 175 Å². The molecule has 0 aliphatic rings. The predicted octanol–water partition coefficient (Wildman–Crippen LogP) is 4.56. The van der Waals surface area contributed by atoms with Gasteiger partial charge in [-0.05, 0) is 61.6 Å². The molecule has 158 valence electrons. The summed E-state index contributed by atoms with van der Waals surface area (Å²) in [7, 11) is 3.78. The molecule has 1 atom stereocenters. The lowest BCUT2D eigenvalue weighted by Crippen LogP contribution is -2.36. The summed E-state index contributed by atoms with van der Waals surface area (Å²) in [5, 5.41) is 5.68. The Hall–Kier alpha value is -3.16. The summed E-state index contributed by atoms with van der Waals surface area (Å²) >= 11 is 0. The van der Waals surface area contributed by atoms with Crippen molar-refractivity contribution in [2.24, 2.45) is 0 Å². The highest BCUT2D eigenvalue weighted by molar-refractivity contribution is 5.89. The highest BCUT2D eigenvalue weighted by Crippen LogP contribution is 2.18. The van der Waals surface area contributed by atoms with Crippen LogP contribution in [0.25, 0.3) is 0 Å². The molecule has 0 saturated carbocycles. The number of hydrogen-bond donors (Lipinski definition) is 2. The van der Waals surface area contributed by atoms with Gasteiger partial charge in [0.2, 0.25) is 0 Å². The zero-order valence-corrected chi connectivity index (χ0v) is 17.1. The van der Waals surface area contributed by atoms with Crippen LogP contribution in [0.2, 0.25) is 0 Å². The average molecular weight is 411 g/mol. The molecular weight excluding hydrogens is 385 g/mol. The van der Waals surface area contributed by atoms with Crippen molar-refractivity contribution < 1.29 is 18.3 Å². The molecule has 0 radical (unpaired) electrons. The Bertz CT molecular complexity index is 944. The molecule has 0 saturated heterocycles. The number of urea groups is 1. The fraction of sp³-hybridized carbons (Fsp3) is 0.261. The first-order chi connectivity index (χ1) is 14.5. The van der Waals surface area contributed by atoms with Gasteiger partial charge in [0.1, 0.15) is 18.2 Å². The van der Waals surface area contributed by atoms with E-state index in [0.29, 0.717) is 25.4 Å². The Kier molecular flexibility index (Phi) is 7.59. The maximum Gasteiger partial charge on any atom is 0.319 e. The van der Waals surface area contributed by atoms with Crippen LogP contribution in [0.1, 0.15) is 22.9 Å². The van der Waals surface area contributed by atoms with E-state index in [0.717, 1.165) is 16.9 Å². The molecule has 3 aromatic rings. The molecule has 0 fully saturated rings. The van der Waals surface area contributed by atoms with Crippen LogP contribution in [0.15, 0.2) is 71.3 Å². The highest BCUT2D eigenvalue weighted by atomic mass is 19.1. The summed E-state index contributed by atoms with van der Waals surface area (Å²) in [5.41, 5.74) is 2.40. The average Bonchev–Trinajstić information content (AvgIpc) is 3.22. The predicted molar refractivity (Wildman–Crippen MR) is 113 cm³/mol. The molecule has 3 rings (SSSR count). The zero-order valence-electron chi connectivity index (χ0n) is 17.1. The van der Waals surface area contributed by atoms with Gasteiger partial charge in [-0.2, -0.15) is 0 Å². The number of halogens is 1. The second-order valence-electron chi connectivity index (χ2n) is 7.14.